The van der Waals surface area contributed by atoms with Crippen molar-refractivity contribution in [3.8, 4) is 0 Å². The number of hydrogen-bond donors (Lipinski definition) is 2. The molecule has 0 fully saturated rings. The summed E-state index contributed by atoms with van der Waals surface area (Å²) in [5.74, 6) is 0.513. The first-order valence-corrected chi connectivity index (χ1v) is 7.47. The number of isocyanates is 2. The average molecular weight is 320 g/mol. The van der Waals surface area contributed by atoms with Crippen molar-refractivity contribution in [2.45, 2.75) is 26.2 Å². The Kier molecular flexibility index (Phi) is 7.25. The molecule has 0 spiro atoms. The molecule has 122 valence electrons. The molecule has 2 aromatic carbocycles. The third-order valence-corrected chi connectivity index (χ3v) is 4.20. The van der Waals surface area contributed by atoms with Gasteiger partial charge in [0.05, 0.1) is 0 Å². The van der Waals surface area contributed by atoms with Crippen LogP contribution in [0.5, 0.6) is 0 Å². The van der Waals surface area contributed by atoms with E-state index in [-0.39, 0.29) is 0 Å². The van der Waals surface area contributed by atoms with Crippen LogP contribution in [-0.4, -0.2) is 12.2 Å². The molecule has 0 bridgehead atoms. The lowest BCUT2D eigenvalue weighted by atomic mass is 9.77. The molecule has 0 amide bonds. The van der Waals surface area contributed by atoms with E-state index in [4.69, 9.17) is 20.4 Å². The summed E-state index contributed by atoms with van der Waals surface area (Å²) in [6.07, 6.45) is 4.47. The van der Waals surface area contributed by atoms with Gasteiger partial charge in [-0.3, -0.25) is 0 Å². The summed E-state index contributed by atoms with van der Waals surface area (Å²) in [4.78, 5) is 16.7. The summed E-state index contributed by atoms with van der Waals surface area (Å²) in [6.45, 7) is 8.47. The maximum absolute atomic E-state index is 8.35. The van der Waals surface area contributed by atoms with E-state index in [1.807, 2.05) is 6.08 Å². The monoisotopic (exact) mass is 320 g/mol. The second-order valence-corrected chi connectivity index (χ2v) is 5.33. The molecule has 1 aliphatic rings. The molecule has 4 nitrogen and oxygen atoms in total. The minimum atomic E-state index is 0.513. The molecule has 0 heterocycles. The molecule has 2 N–H and O–H groups in total. The summed E-state index contributed by atoms with van der Waals surface area (Å²) < 4.78 is 0. The Morgan fingerprint density at radius 3 is 2.21 bits per heavy atom. The molecule has 3 rings (SSSR count). The van der Waals surface area contributed by atoms with Gasteiger partial charge in [-0.05, 0) is 40.8 Å². The number of rotatable bonds is 2. The van der Waals surface area contributed by atoms with Gasteiger partial charge in [-0.1, -0.05) is 55.0 Å². The van der Waals surface area contributed by atoms with Crippen molar-refractivity contribution < 1.29 is 9.59 Å². The summed E-state index contributed by atoms with van der Waals surface area (Å²) in [6, 6.07) is 13.3. The lowest BCUT2D eigenvalue weighted by Gasteiger charge is -2.27. The Hall–Kier alpha value is -3.06. The highest BCUT2D eigenvalue weighted by Crippen LogP contribution is 2.43. The van der Waals surface area contributed by atoms with Crippen molar-refractivity contribution in [3.63, 3.8) is 0 Å². The Labute approximate surface area is 141 Å². The van der Waals surface area contributed by atoms with E-state index >= 15 is 0 Å². The number of hydrogen-bond acceptors (Lipinski definition) is 4. The Balaban J connectivity index is 0.000000423. The van der Waals surface area contributed by atoms with E-state index in [1.165, 1.54) is 33.0 Å². The van der Waals surface area contributed by atoms with Crippen LogP contribution in [0, 0.1) is 10.8 Å². The third kappa shape index (κ3) is 3.82. The molecule has 0 radical (unpaired) electrons. The predicted molar refractivity (Wildman–Crippen MR) is 96.6 cm³/mol. The summed E-state index contributed by atoms with van der Waals surface area (Å²) in [7, 11) is 0. The van der Waals surface area contributed by atoms with Crippen LogP contribution in [0.4, 0.5) is 0 Å². The highest BCUT2D eigenvalue weighted by molar-refractivity contribution is 5.99. The first-order valence-electron chi connectivity index (χ1n) is 7.47. The normalized spacial score (nSPS) is 14.3. The first-order chi connectivity index (χ1) is 11.6. The third-order valence-electron chi connectivity index (χ3n) is 4.20. The molecule has 0 aliphatic heterocycles. The van der Waals surface area contributed by atoms with E-state index in [0.717, 1.165) is 18.6 Å². The molecule has 0 aromatic heterocycles. The van der Waals surface area contributed by atoms with Gasteiger partial charge in [-0.25, -0.2) is 20.4 Å². The maximum Gasteiger partial charge on any atom is 0.231 e. The molecule has 2 aromatic rings. The number of nitrogens with one attached hydrogen (secondary N) is 2. The van der Waals surface area contributed by atoms with Crippen LogP contribution < -0.4 is 0 Å². The zero-order valence-electron chi connectivity index (χ0n) is 13.8. The number of benzene rings is 2. The van der Waals surface area contributed by atoms with Gasteiger partial charge < -0.3 is 0 Å². The first kappa shape index (κ1) is 19.0. The molecule has 1 aliphatic carbocycles. The van der Waals surface area contributed by atoms with Crippen molar-refractivity contribution in [2.24, 2.45) is 0 Å². The zero-order chi connectivity index (χ0) is 18.1. The molecule has 24 heavy (non-hydrogen) atoms. The van der Waals surface area contributed by atoms with Gasteiger partial charge in [0.15, 0.2) is 0 Å². The predicted octanol–water partition coefficient (Wildman–Crippen LogP) is 5.11. The van der Waals surface area contributed by atoms with Gasteiger partial charge in [0, 0.05) is 5.92 Å². The smallest absolute Gasteiger partial charge is 0.222 e. The lowest BCUT2D eigenvalue weighted by Crippen LogP contribution is -2.06. The highest BCUT2D eigenvalue weighted by atomic mass is 16.1. The molecular weight excluding hydrogens is 300 g/mol. The lowest BCUT2D eigenvalue weighted by molar-refractivity contribution is 0.562. The van der Waals surface area contributed by atoms with Crippen molar-refractivity contribution in [1.82, 2.24) is 0 Å². The van der Waals surface area contributed by atoms with E-state index in [0.29, 0.717) is 5.92 Å². The van der Waals surface area contributed by atoms with Crippen LogP contribution >= 0.6 is 0 Å². The summed E-state index contributed by atoms with van der Waals surface area (Å²) in [5.41, 5.74) is 5.81. The van der Waals surface area contributed by atoms with Gasteiger partial charge in [0.1, 0.15) is 0 Å². The second-order valence-electron chi connectivity index (χ2n) is 5.33. The number of carbonyl (C=O) groups excluding carboxylic acids is 2. The Bertz CT molecular complexity index is 821. The van der Waals surface area contributed by atoms with Crippen LogP contribution in [0.3, 0.4) is 0 Å². The summed E-state index contributed by atoms with van der Waals surface area (Å²) >= 11 is 0. The van der Waals surface area contributed by atoms with Gasteiger partial charge in [-0.15, -0.1) is 6.58 Å². The largest absolute Gasteiger partial charge is 0.231 e. The fraction of sp³-hybridized carbons (Fsp3) is 0.200. The minimum absolute atomic E-state index is 0.513. The van der Waals surface area contributed by atoms with Crippen molar-refractivity contribution in [2.75, 3.05) is 0 Å². The van der Waals surface area contributed by atoms with Crippen LogP contribution in [0.15, 0.2) is 54.6 Å². The topological polar surface area (TPSA) is 81.8 Å². The van der Waals surface area contributed by atoms with Gasteiger partial charge >= 0.3 is 0 Å². The molecule has 0 saturated heterocycles. The second kappa shape index (κ2) is 9.16. The van der Waals surface area contributed by atoms with Gasteiger partial charge in [-0.2, -0.15) is 0 Å². The fourth-order valence-electron chi connectivity index (χ4n) is 3.10. The van der Waals surface area contributed by atoms with Crippen LogP contribution in [0.1, 0.15) is 37.3 Å². The van der Waals surface area contributed by atoms with E-state index < -0.39 is 0 Å². The molecule has 1 atom stereocenters. The van der Waals surface area contributed by atoms with Crippen molar-refractivity contribution in [3.05, 3.63) is 65.8 Å². The van der Waals surface area contributed by atoms with Gasteiger partial charge in [0.25, 0.3) is 0 Å². The average Bonchev–Trinajstić information content (AvgIpc) is 2.58. The highest BCUT2D eigenvalue weighted by Gasteiger charge is 2.22. The standard InChI is InChI=1S/C18H18.2CHNO/c1-4-7-15-12(2)13(3)16-10-5-8-14-9-6-11-17(15)18(14)16;2*2-1-3/h4-6,8-11,13H,1,7H2,2-3H3;2*2H. The quantitative estimate of drug-likeness (QED) is 0.458. The van der Waals surface area contributed by atoms with Crippen molar-refractivity contribution >= 4 is 28.5 Å². The Morgan fingerprint density at radius 2 is 1.67 bits per heavy atom. The number of allylic oxidation sites excluding steroid dienone is 3. The SMILES string of the molecule is C=CCC1=C(C)C(C)c2cccc3cccc1c23.N=C=O.N=C=O. The Morgan fingerprint density at radius 1 is 1.12 bits per heavy atom. The molecular formula is C20H20N2O2. The van der Waals surface area contributed by atoms with E-state index in [9.17, 15) is 0 Å². The van der Waals surface area contributed by atoms with E-state index in [1.54, 1.807) is 0 Å². The molecule has 0 saturated carbocycles. The molecule has 1 unspecified atom stereocenters. The van der Waals surface area contributed by atoms with Crippen molar-refractivity contribution in [1.29, 1.82) is 10.8 Å². The van der Waals surface area contributed by atoms with Crippen LogP contribution in [0.25, 0.3) is 16.3 Å². The maximum atomic E-state index is 8.35. The summed E-state index contributed by atoms with van der Waals surface area (Å²) in [5, 5.41) is 13.6. The zero-order valence-corrected chi connectivity index (χ0v) is 13.8. The van der Waals surface area contributed by atoms with Gasteiger partial charge in [0.2, 0.25) is 12.2 Å². The van der Waals surface area contributed by atoms with Crippen LogP contribution in [0.2, 0.25) is 0 Å². The van der Waals surface area contributed by atoms with E-state index in [2.05, 4.69) is 56.8 Å². The van der Waals surface area contributed by atoms with Crippen LogP contribution in [-0.2, 0) is 9.59 Å². The molecule has 4 heteroatoms. The minimum Gasteiger partial charge on any atom is -0.222 e. The fourth-order valence-corrected chi connectivity index (χ4v) is 3.10.